The maximum absolute atomic E-state index is 12.7. The van der Waals surface area contributed by atoms with E-state index in [-0.39, 0.29) is 12.5 Å². The number of amides is 2. The molecule has 0 bridgehead atoms. The number of hydrogen-bond donors (Lipinski definition) is 3. The minimum absolute atomic E-state index is 0.0804. The SMILES string of the molecule is O=C(O)CONC(=O)C1(NC(=O)OCC2c3ccccc3-c3ccccc32)CCCCC1. The number of hydroxylamine groups is 1. The van der Waals surface area contributed by atoms with Gasteiger partial charge in [-0.1, -0.05) is 67.8 Å². The summed E-state index contributed by atoms with van der Waals surface area (Å²) < 4.78 is 5.60. The predicted molar refractivity (Wildman–Crippen MR) is 116 cm³/mol. The van der Waals surface area contributed by atoms with Crippen molar-refractivity contribution in [3.8, 4) is 11.1 Å². The van der Waals surface area contributed by atoms with E-state index in [9.17, 15) is 14.4 Å². The van der Waals surface area contributed by atoms with Gasteiger partial charge in [0.2, 0.25) is 0 Å². The van der Waals surface area contributed by atoms with Crippen molar-refractivity contribution < 1.29 is 29.1 Å². The fourth-order valence-corrected chi connectivity index (χ4v) is 4.66. The molecule has 0 saturated heterocycles. The van der Waals surface area contributed by atoms with Crippen molar-refractivity contribution in [3.05, 3.63) is 59.7 Å². The summed E-state index contributed by atoms with van der Waals surface area (Å²) in [6.07, 6.45) is 2.66. The zero-order valence-corrected chi connectivity index (χ0v) is 17.6. The summed E-state index contributed by atoms with van der Waals surface area (Å²) >= 11 is 0. The molecule has 2 aliphatic carbocycles. The highest BCUT2D eigenvalue weighted by Crippen LogP contribution is 2.44. The molecule has 1 saturated carbocycles. The molecular weight excluding hydrogens is 412 g/mol. The summed E-state index contributed by atoms with van der Waals surface area (Å²) in [5.74, 6) is -1.84. The molecule has 4 rings (SSSR count). The largest absolute Gasteiger partial charge is 0.479 e. The van der Waals surface area contributed by atoms with Crippen LogP contribution in [-0.2, 0) is 19.2 Å². The van der Waals surface area contributed by atoms with Crippen LogP contribution in [-0.4, -0.2) is 41.8 Å². The van der Waals surface area contributed by atoms with Gasteiger partial charge in [0.15, 0.2) is 6.61 Å². The number of carbonyl (C=O) groups is 3. The first kappa shape index (κ1) is 21.8. The molecule has 8 heteroatoms. The van der Waals surface area contributed by atoms with Gasteiger partial charge in [0.1, 0.15) is 12.1 Å². The summed E-state index contributed by atoms with van der Waals surface area (Å²) in [5.41, 5.74) is 5.46. The standard InChI is InChI=1S/C24H26N2O6/c27-21(28)15-32-26-22(29)24(12-6-1-7-13-24)25-23(30)31-14-20-18-10-4-2-8-16(18)17-9-3-5-11-19(17)20/h2-5,8-11,20H,1,6-7,12-15H2,(H,25,30)(H,26,29)(H,27,28). The van der Waals surface area contributed by atoms with E-state index in [2.05, 4.69) is 22.9 Å². The van der Waals surface area contributed by atoms with Crippen molar-refractivity contribution >= 4 is 18.0 Å². The molecule has 168 valence electrons. The van der Waals surface area contributed by atoms with Crippen molar-refractivity contribution in [1.82, 2.24) is 10.8 Å². The summed E-state index contributed by atoms with van der Waals surface area (Å²) in [7, 11) is 0. The minimum atomic E-state index is -1.20. The van der Waals surface area contributed by atoms with Crippen LogP contribution in [0, 0.1) is 0 Å². The van der Waals surface area contributed by atoms with Gasteiger partial charge in [-0.3, -0.25) is 9.63 Å². The van der Waals surface area contributed by atoms with E-state index >= 15 is 0 Å². The van der Waals surface area contributed by atoms with Crippen molar-refractivity contribution in [3.63, 3.8) is 0 Å². The highest BCUT2D eigenvalue weighted by molar-refractivity contribution is 5.89. The highest BCUT2D eigenvalue weighted by Gasteiger charge is 2.42. The van der Waals surface area contributed by atoms with Gasteiger partial charge in [0.25, 0.3) is 5.91 Å². The molecule has 0 heterocycles. The molecule has 0 aliphatic heterocycles. The Morgan fingerprint density at radius 2 is 1.53 bits per heavy atom. The van der Waals surface area contributed by atoms with E-state index in [4.69, 9.17) is 14.7 Å². The molecule has 32 heavy (non-hydrogen) atoms. The number of carboxylic acids is 1. The molecule has 1 fully saturated rings. The zero-order valence-electron chi connectivity index (χ0n) is 17.6. The number of fused-ring (bicyclic) bond motifs is 3. The Morgan fingerprint density at radius 1 is 0.938 bits per heavy atom. The van der Waals surface area contributed by atoms with Crippen molar-refractivity contribution in [2.24, 2.45) is 0 Å². The molecule has 2 aromatic carbocycles. The molecule has 0 spiro atoms. The monoisotopic (exact) mass is 438 g/mol. The van der Waals surface area contributed by atoms with E-state index in [1.165, 1.54) is 0 Å². The molecule has 3 N–H and O–H groups in total. The minimum Gasteiger partial charge on any atom is -0.479 e. The number of carbonyl (C=O) groups excluding carboxylic acids is 2. The number of carboxylic acid groups (broad SMARTS) is 1. The second-order valence-corrected chi connectivity index (χ2v) is 8.21. The molecule has 8 nitrogen and oxygen atoms in total. The third kappa shape index (κ3) is 4.45. The van der Waals surface area contributed by atoms with Crippen LogP contribution in [0.25, 0.3) is 11.1 Å². The second kappa shape index (κ2) is 9.40. The summed E-state index contributed by atoms with van der Waals surface area (Å²) in [6.45, 7) is -0.514. The summed E-state index contributed by atoms with van der Waals surface area (Å²) in [4.78, 5) is 40.8. The van der Waals surface area contributed by atoms with Gasteiger partial charge >= 0.3 is 12.1 Å². The van der Waals surface area contributed by atoms with Gasteiger partial charge in [-0.05, 0) is 35.1 Å². The van der Waals surface area contributed by atoms with Crippen molar-refractivity contribution in [1.29, 1.82) is 0 Å². The lowest BCUT2D eigenvalue weighted by Gasteiger charge is -2.35. The molecule has 2 aromatic rings. The Kier molecular flexibility index (Phi) is 6.41. The van der Waals surface area contributed by atoms with Gasteiger partial charge < -0.3 is 15.2 Å². The predicted octanol–water partition coefficient (Wildman–Crippen LogP) is 3.36. The van der Waals surface area contributed by atoms with Crippen LogP contribution < -0.4 is 10.8 Å². The van der Waals surface area contributed by atoms with E-state index in [0.29, 0.717) is 12.8 Å². The number of ether oxygens (including phenoxy) is 1. The van der Waals surface area contributed by atoms with E-state index in [1.54, 1.807) is 0 Å². The summed E-state index contributed by atoms with van der Waals surface area (Å²) in [6, 6.07) is 16.1. The molecule has 0 radical (unpaired) electrons. The Hall–Kier alpha value is -3.39. The number of rotatable bonds is 7. The highest BCUT2D eigenvalue weighted by atomic mass is 16.7. The van der Waals surface area contributed by atoms with Gasteiger partial charge in [-0.15, -0.1) is 0 Å². The van der Waals surface area contributed by atoms with Gasteiger partial charge in [0, 0.05) is 5.92 Å². The third-order valence-electron chi connectivity index (χ3n) is 6.19. The number of aliphatic carboxylic acids is 1. The second-order valence-electron chi connectivity index (χ2n) is 8.21. The van der Waals surface area contributed by atoms with Gasteiger partial charge in [0.05, 0.1) is 0 Å². The first-order valence-corrected chi connectivity index (χ1v) is 10.8. The molecular formula is C24H26N2O6. The van der Waals surface area contributed by atoms with Crippen LogP contribution in [0.3, 0.4) is 0 Å². The molecule has 2 amide bonds. The molecule has 0 unspecified atom stereocenters. The van der Waals surface area contributed by atoms with Crippen LogP contribution in [0.15, 0.2) is 48.5 Å². The smallest absolute Gasteiger partial charge is 0.408 e. The van der Waals surface area contributed by atoms with E-state index in [0.717, 1.165) is 41.5 Å². The maximum Gasteiger partial charge on any atom is 0.408 e. The Balaban J connectivity index is 1.43. The zero-order chi connectivity index (χ0) is 22.6. The first-order valence-electron chi connectivity index (χ1n) is 10.8. The Bertz CT molecular complexity index is 970. The number of alkyl carbamates (subject to hydrolysis) is 1. The number of benzene rings is 2. The van der Waals surface area contributed by atoms with Crippen LogP contribution >= 0.6 is 0 Å². The van der Waals surface area contributed by atoms with Crippen LogP contribution in [0.4, 0.5) is 4.79 Å². The number of hydrogen-bond acceptors (Lipinski definition) is 5. The van der Waals surface area contributed by atoms with E-state index < -0.39 is 30.1 Å². The normalized spacial score (nSPS) is 16.5. The Labute approximate surface area is 185 Å². The van der Waals surface area contributed by atoms with Crippen LogP contribution in [0.5, 0.6) is 0 Å². The third-order valence-corrected chi connectivity index (χ3v) is 6.19. The lowest BCUT2D eigenvalue weighted by molar-refractivity contribution is -0.152. The molecule has 2 aliphatic rings. The van der Waals surface area contributed by atoms with Crippen LogP contribution in [0.1, 0.15) is 49.1 Å². The summed E-state index contributed by atoms with van der Waals surface area (Å²) in [5, 5.41) is 11.4. The lowest BCUT2D eigenvalue weighted by atomic mass is 9.81. The fourth-order valence-electron chi connectivity index (χ4n) is 4.66. The van der Waals surface area contributed by atoms with Gasteiger partial charge in [-0.25, -0.2) is 15.1 Å². The molecule has 0 aromatic heterocycles. The van der Waals surface area contributed by atoms with Crippen molar-refractivity contribution in [2.45, 2.75) is 43.6 Å². The molecule has 0 atom stereocenters. The number of nitrogens with one attached hydrogen (secondary N) is 2. The Morgan fingerprint density at radius 3 is 2.12 bits per heavy atom. The van der Waals surface area contributed by atoms with Crippen molar-refractivity contribution in [2.75, 3.05) is 13.2 Å². The fraction of sp³-hybridized carbons (Fsp3) is 0.375. The quantitative estimate of drug-likeness (QED) is 0.571. The van der Waals surface area contributed by atoms with Gasteiger partial charge in [-0.2, -0.15) is 0 Å². The lowest BCUT2D eigenvalue weighted by Crippen LogP contribution is -2.60. The average molecular weight is 438 g/mol. The first-order chi connectivity index (χ1) is 15.5. The van der Waals surface area contributed by atoms with E-state index in [1.807, 2.05) is 36.4 Å². The average Bonchev–Trinajstić information content (AvgIpc) is 3.12. The maximum atomic E-state index is 12.7. The van der Waals surface area contributed by atoms with Crippen LogP contribution in [0.2, 0.25) is 0 Å². The topological polar surface area (TPSA) is 114 Å².